The van der Waals surface area contributed by atoms with Crippen molar-refractivity contribution in [1.82, 2.24) is 0 Å². The smallest absolute Gasteiger partial charge is 0.224 e. The third kappa shape index (κ3) is 2.67. The monoisotopic (exact) mass is 266 g/mol. The fourth-order valence-electron chi connectivity index (χ4n) is 2.57. The molecule has 1 aliphatic heterocycles. The summed E-state index contributed by atoms with van der Waals surface area (Å²) in [5, 5.41) is 6.04. The number of benzene rings is 2. The van der Waals surface area contributed by atoms with Crippen LogP contribution in [0.5, 0.6) is 0 Å². The molecule has 1 heterocycles. The number of hydrogen-bond donors (Lipinski definition) is 2. The van der Waals surface area contributed by atoms with Gasteiger partial charge in [-0.2, -0.15) is 0 Å². The molecule has 0 saturated carbocycles. The molecule has 3 heteroatoms. The van der Waals surface area contributed by atoms with Crippen LogP contribution in [0.3, 0.4) is 0 Å². The summed E-state index contributed by atoms with van der Waals surface area (Å²) in [4.78, 5) is 11.3. The maximum Gasteiger partial charge on any atom is 0.224 e. The standard InChI is InChI=1S/C17H18N2O/c1-18-15-6-2-12(3-7-15)10-13-4-8-16-14(11-13)5-9-17(20)19-16/h2-4,6-8,11,18H,5,9-10H2,1H3,(H,19,20). The van der Waals surface area contributed by atoms with Gasteiger partial charge >= 0.3 is 0 Å². The first-order valence-corrected chi connectivity index (χ1v) is 6.93. The second kappa shape index (κ2) is 5.37. The molecule has 0 radical (unpaired) electrons. The second-order valence-electron chi connectivity index (χ2n) is 5.16. The lowest BCUT2D eigenvalue weighted by atomic mass is 9.97. The third-order valence-electron chi connectivity index (χ3n) is 3.72. The van der Waals surface area contributed by atoms with Gasteiger partial charge < -0.3 is 10.6 Å². The van der Waals surface area contributed by atoms with Gasteiger partial charge in [-0.3, -0.25) is 4.79 Å². The largest absolute Gasteiger partial charge is 0.388 e. The number of carbonyl (C=O) groups is 1. The van der Waals surface area contributed by atoms with E-state index < -0.39 is 0 Å². The van der Waals surface area contributed by atoms with Gasteiger partial charge in [-0.15, -0.1) is 0 Å². The van der Waals surface area contributed by atoms with Gasteiger partial charge in [0.15, 0.2) is 0 Å². The number of amides is 1. The molecule has 102 valence electrons. The zero-order chi connectivity index (χ0) is 13.9. The molecule has 0 bridgehead atoms. The molecule has 1 aliphatic rings. The number of fused-ring (bicyclic) bond motifs is 1. The van der Waals surface area contributed by atoms with E-state index >= 15 is 0 Å². The number of nitrogens with one attached hydrogen (secondary N) is 2. The first-order chi connectivity index (χ1) is 9.74. The van der Waals surface area contributed by atoms with Crippen LogP contribution >= 0.6 is 0 Å². The number of aryl methyl sites for hydroxylation is 1. The van der Waals surface area contributed by atoms with Gasteiger partial charge in [0.1, 0.15) is 0 Å². The topological polar surface area (TPSA) is 41.1 Å². The maximum atomic E-state index is 11.3. The fourth-order valence-corrected chi connectivity index (χ4v) is 2.57. The zero-order valence-corrected chi connectivity index (χ0v) is 11.6. The summed E-state index contributed by atoms with van der Waals surface area (Å²) < 4.78 is 0. The second-order valence-corrected chi connectivity index (χ2v) is 5.16. The van der Waals surface area contributed by atoms with Crippen molar-refractivity contribution in [2.45, 2.75) is 19.3 Å². The highest BCUT2D eigenvalue weighted by molar-refractivity contribution is 5.93. The van der Waals surface area contributed by atoms with Crippen molar-refractivity contribution in [2.24, 2.45) is 0 Å². The summed E-state index contributed by atoms with van der Waals surface area (Å²) in [7, 11) is 1.92. The Morgan fingerprint density at radius 3 is 2.55 bits per heavy atom. The molecule has 0 aliphatic carbocycles. The van der Waals surface area contributed by atoms with E-state index in [-0.39, 0.29) is 5.91 Å². The van der Waals surface area contributed by atoms with Crippen LogP contribution in [0.1, 0.15) is 23.1 Å². The highest BCUT2D eigenvalue weighted by Gasteiger charge is 2.14. The zero-order valence-electron chi connectivity index (χ0n) is 11.6. The minimum Gasteiger partial charge on any atom is -0.388 e. The molecule has 0 spiro atoms. The molecule has 3 nitrogen and oxygen atoms in total. The molecule has 1 amide bonds. The van der Waals surface area contributed by atoms with Crippen molar-refractivity contribution < 1.29 is 4.79 Å². The van der Waals surface area contributed by atoms with Gasteiger partial charge in [0.2, 0.25) is 5.91 Å². The van der Waals surface area contributed by atoms with Crippen LogP contribution in [0.4, 0.5) is 11.4 Å². The van der Waals surface area contributed by atoms with Crippen molar-refractivity contribution in [3.8, 4) is 0 Å². The van der Waals surface area contributed by atoms with Crippen LogP contribution in [0.25, 0.3) is 0 Å². The average Bonchev–Trinajstić information content (AvgIpc) is 2.48. The van der Waals surface area contributed by atoms with E-state index in [1.54, 1.807) is 0 Å². The SMILES string of the molecule is CNc1ccc(Cc2ccc3c(c2)CCC(=O)N3)cc1. The maximum absolute atomic E-state index is 11.3. The molecule has 20 heavy (non-hydrogen) atoms. The molecule has 0 fully saturated rings. The van der Waals surface area contributed by atoms with E-state index in [9.17, 15) is 4.79 Å². The molecular weight excluding hydrogens is 248 g/mol. The minimum absolute atomic E-state index is 0.118. The van der Waals surface area contributed by atoms with Crippen LogP contribution in [0.15, 0.2) is 42.5 Å². The number of carbonyl (C=O) groups excluding carboxylic acids is 1. The number of rotatable bonds is 3. The minimum atomic E-state index is 0.118. The van der Waals surface area contributed by atoms with Crippen LogP contribution in [0.2, 0.25) is 0 Å². The quantitative estimate of drug-likeness (QED) is 0.895. The lowest BCUT2D eigenvalue weighted by Gasteiger charge is -2.17. The number of hydrogen-bond acceptors (Lipinski definition) is 2. The third-order valence-corrected chi connectivity index (χ3v) is 3.72. The molecule has 0 unspecified atom stereocenters. The molecule has 2 aromatic rings. The van der Waals surface area contributed by atoms with Crippen molar-refractivity contribution in [3.63, 3.8) is 0 Å². The Kier molecular flexibility index (Phi) is 3.42. The van der Waals surface area contributed by atoms with E-state index in [4.69, 9.17) is 0 Å². The molecule has 0 atom stereocenters. The Bertz CT molecular complexity index is 632. The molecular formula is C17H18N2O. The Morgan fingerprint density at radius 2 is 1.80 bits per heavy atom. The Morgan fingerprint density at radius 1 is 1.05 bits per heavy atom. The van der Waals surface area contributed by atoms with E-state index in [0.717, 1.165) is 24.2 Å². The van der Waals surface area contributed by atoms with Crippen LogP contribution < -0.4 is 10.6 Å². The molecule has 2 aromatic carbocycles. The normalized spacial score (nSPS) is 13.6. The Hall–Kier alpha value is -2.29. The predicted octanol–water partition coefficient (Wildman–Crippen LogP) is 3.20. The lowest BCUT2D eigenvalue weighted by Crippen LogP contribution is -2.18. The van der Waals surface area contributed by atoms with E-state index in [2.05, 4.69) is 47.0 Å². The molecule has 0 aromatic heterocycles. The average molecular weight is 266 g/mol. The lowest BCUT2D eigenvalue weighted by molar-refractivity contribution is -0.116. The van der Waals surface area contributed by atoms with Crippen molar-refractivity contribution in [1.29, 1.82) is 0 Å². The van der Waals surface area contributed by atoms with Gasteiger partial charge in [-0.05, 0) is 47.7 Å². The van der Waals surface area contributed by atoms with E-state index in [1.807, 2.05) is 13.1 Å². The van der Waals surface area contributed by atoms with Gasteiger partial charge in [-0.1, -0.05) is 24.3 Å². The van der Waals surface area contributed by atoms with Crippen LogP contribution in [0, 0.1) is 0 Å². The highest BCUT2D eigenvalue weighted by Crippen LogP contribution is 2.24. The summed E-state index contributed by atoms with van der Waals surface area (Å²) >= 11 is 0. The van der Waals surface area contributed by atoms with Crippen molar-refractivity contribution in [2.75, 3.05) is 17.7 Å². The van der Waals surface area contributed by atoms with Gasteiger partial charge in [0.25, 0.3) is 0 Å². The summed E-state index contributed by atoms with van der Waals surface area (Å²) in [6, 6.07) is 14.8. The van der Waals surface area contributed by atoms with Gasteiger partial charge in [0, 0.05) is 24.8 Å². The Labute approximate surface area is 119 Å². The molecule has 0 saturated heterocycles. The van der Waals surface area contributed by atoms with Crippen molar-refractivity contribution in [3.05, 3.63) is 59.2 Å². The van der Waals surface area contributed by atoms with E-state index in [0.29, 0.717) is 6.42 Å². The number of anilines is 2. The predicted molar refractivity (Wildman–Crippen MR) is 82.2 cm³/mol. The summed E-state index contributed by atoms with van der Waals surface area (Å²) in [6.45, 7) is 0. The summed E-state index contributed by atoms with van der Waals surface area (Å²) in [5.74, 6) is 0.118. The van der Waals surface area contributed by atoms with Gasteiger partial charge in [-0.25, -0.2) is 0 Å². The first-order valence-electron chi connectivity index (χ1n) is 6.93. The molecule has 3 rings (SSSR count). The summed E-state index contributed by atoms with van der Waals surface area (Å²) in [5.41, 5.74) is 5.92. The summed E-state index contributed by atoms with van der Waals surface area (Å²) in [6.07, 6.45) is 2.35. The first kappa shape index (κ1) is 12.7. The fraction of sp³-hybridized carbons (Fsp3) is 0.235. The molecule has 2 N–H and O–H groups in total. The van der Waals surface area contributed by atoms with Crippen molar-refractivity contribution >= 4 is 17.3 Å². The van der Waals surface area contributed by atoms with E-state index in [1.165, 1.54) is 16.7 Å². The van der Waals surface area contributed by atoms with Crippen LogP contribution in [-0.4, -0.2) is 13.0 Å². The Balaban J connectivity index is 1.79. The van der Waals surface area contributed by atoms with Crippen LogP contribution in [-0.2, 0) is 17.6 Å². The highest BCUT2D eigenvalue weighted by atomic mass is 16.1. The van der Waals surface area contributed by atoms with Gasteiger partial charge in [0.05, 0.1) is 0 Å².